The maximum atomic E-state index is 4.60. The molecular weight excluding hydrogens is 222 g/mol. The molecule has 0 spiro atoms. The molecule has 5 nitrogen and oxygen atoms in total. The molecule has 0 bridgehead atoms. The monoisotopic (exact) mass is 237 g/mol. The number of hydrogen-bond donors (Lipinski definition) is 0. The summed E-state index contributed by atoms with van der Waals surface area (Å²) in [4.78, 5) is 4.60. The number of tetrazole rings is 1. The third-order valence-electron chi connectivity index (χ3n) is 2.32. The van der Waals surface area contributed by atoms with Crippen LogP contribution in [0.2, 0.25) is 0 Å². The summed E-state index contributed by atoms with van der Waals surface area (Å²) >= 11 is 1.66. The van der Waals surface area contributed by atoms with Crippen LogP contribution in [-0.4, -0.2) is 25.2 Å². The number of nitrogens with zero attached hydrogens (tertiary/aromatic N) is 5. The van der Waals surface area contributed by atoms with Crippen molar-refractivity contribution in [2.75, 3.05) is 0 Å². The SMILES string of the molecule is Cc1nnnn1Cc1nc(C(C)(C)C)cs1. The number of rotatable bonds is 2. The first-order valence-electron chi connectivity index (χ1n) is 5.14. The van der Waals surface area contributed by atoms with Gasteiger partial charge in [0.1, 0.15) is 10.8 Å². The van der Waals surface area contributed by atoms with Crippen LogP contribution in [0, 0.1) is 6.92 Å². The van der Waals surface area contributed by atoms with Crippen LogP contribution in [0.3, 0.4) is 0 Å². The van der Waals surface area contributed by atoms with Gasteiger partial charge in [0.05, 0.1) is 12.2 Å². The van der Waals surface area contributed by atoms with E-state index in [-0.39, 0.29) is 5.41 Å². The Balaban J connectivity index is 2.18. The Morgan fingerprint density at radius 3 is 2.62 bits per heavy atom. The molecule has 0 unspecified atom stereocenters. The van der Waals surface area contributed by atoms with Crippen molar-refractivity contribution in [3.8, 4) is 0 Å². The van der Waals surface area contributed by atoms with E-state index in [1.54, 1.807) is 16.0 Å². The zero-order valence-corrected chi connectivity index (χ0v) is 10.7. The molecule has 0 radical (unpaired) electrons. The Bertz CT molecular complexity index is 479. The number of thiazole rings is 1. The third kappa shape index (κ3) is 2.27. The summed E-state index contributed by atoms with van der Waals surface area (Å²) in [6.07, 6.45) is 0. The van der Waals surface area contributed by atoms with E-state index in [1.807, 2.05) is 6.92 Å². The summed E-state index contributed by atoms with van der Waals surface area (Å²) in [6.45, 7) is 9.02. The molecule has 86 valence electrons. The molecule has 0 amide bonds. The highest BCUT2D eigenvalue weighted by Crippen LogP contribution is 2.24. The molecule has 0 aromatic carbocycles. The van der Waals surface area contributed by atoms with Crippen LogP contribution in [0.5, 0.6) is 0 Å². The van der Waals surface area contributed by atoms with Crippen molar-refractivity contribution < 1.29 is 0 Å². The fourth-order valence-electron chi connectivity index (χ4n) is 1.25. The fraction of sp³-hybridized carbons (Fsp3) is 0.600. The van der Waals surface area contributed by atoms with Gasteiger partial charge in [-0.15, -0.1) is 16.4 Å². The minimum Gasteiger partial charge on any atom is -0.244 e. The first-order valence-corrected chi connectivity index (χ1v) is 6.02. The maximum Gasteiger partial charge on any atom is 0.148 e. The summed E-state index contributed by atoms with van der Waals surface area (Å²) in [5.41, 5.74) is 1.22. The average Bonchev–Trinajstić information content (AvgIpc) is 2.76. The van der Waals surface area contributed by atoms with Crippen molar-refractivity contribution >= 4 is 11.3 Å². The Morgan fingerprint density at radius 2 is 2.12 bits per heavy atom. The molecule has 0 aliphatic rings. The van der Waals surface area contributed by atoms with E-state index >= 15 is 0 Å². The van der Waals surface area contributed by atoms with Gasteiger partial charge in [-0.25, -0.2) is 9.67 Å². The van der Waals surface area contributed by atoms with Crippen LogP contribution in [0.25, 0.3) is 0 Å². The summed E-state index contributed by atoms with van der Waals surface area (Å²) in [5, 5.41) is 14.5. The summed E-state index contributed by atoms with van der Waals surface area (Å²) in [7, 11) is 0. The molecule has 16 heavy (non-hydrogen) atoms. The van der Waals surface area contributed by atoms with E-state index < -0.39 is 0 Å². The van der Waals surface area contributed by atoms with E-state index in [0.29, 0.717) is 6.54 Å². The second-order valence-corrected chi connectivity index (χ2v) is 5.70. The molecule has 0 saturated carbocycles. The molecule has 6 heteroatoms. The van der Waals surface area contributed by atoms with Crippen LogP contribution < -0.4 is 0 Å². The molecule has 0 N–H and O–H groups in total. The molecule has 0 fully saturated rings. The van der Waals surface area contributed by atoms with Crippen LogP contribution in [0.15, 0.2) is 5.38 Å². The van der Waals surface area contributed by atoms with Crippen molar-refractivity contribution in [1.82, 2.24) is 25.2 Å². The standard InChI is InChI=1S/C10H15N5S/c1-7-12-13-14-15(7)5-9-11-8(6-16-9)10(2,3)4/h6H,5H2,1-4H3. The Hall–Kier alpha value is -1.30. The van der Waals surface area contributed by atoms with Gasteiger partial charge in [0.2, 0.25) is 0 Å². The summed E-state index contributed by atoms with van der Waals surface area (Å²) in [6, 6.07) is 0. The van der Waals surface area contributed by atoms with Crippen molar-refractivity contribution in [2.45, 2.75) is 39.7 Å². The average molecular weight is 237 g/mol. The molecular formula is C10H15N5S. The minimum atomic E-state index is 0.102. The predicted molar refractivity (Wildman–Crippen MR) is 62.5 cm³/mol. The highest BCUT2D eigenvalue weighted by atomic mass is 32.1. The van der Waals surface area contributed by atoms with E-state index in [2.05, 4.69) is 46.7 Å². The Kier molecular flexibility index (Phi) is 2.75. The van der Waals surface area contributed by atoms with Gasteiger partial charge in [-0.05, 0) is 17.4 Å². The first kappa shape index (κ1) is 11.2. The Labute approximate surface area is 98.5 Å². The van der Waals surface area contributed by atoms with E-state index in [0.717, 1.165) is 16.5 Å². The van der Waals surface area contributed by atoms with Crippen molar-refractivity contribution in [1.29, 1.82) is 0 Å². The lowest BCUT2D eigenvalue weighted by Gasteiger charge is -2.14. The molecule has 0 saturated heterocycles. The minimum absolute atomic E-state index is 0.102. The van der Waals surface area contributed by atoms with Gasteiger partial charge in [0.25, 0.3) is 0 Å². The smallest absolute Gasteiger partial charge is 0.148 e. The highest BCUT2D eigenvalue weighted by Gasteiger charge is 2.17. The molecule has 0 atom stereocenters. The molecule has 2 aromatic heterocycles. The maximum absolute atomic E-state index is 4.60. The molecule has 2 rings (SSSR count). The zero-order chi connectivity index (χ0) is 11.8. The van der Waals surface area contributed by atoms with E-state index in [1.165, 1.54) is 0 Å². The number of aromatic nitrogens is 5. The topological polar surface area (TPSA) is 56.5 Å². The summed E-state index contributed by atoms with van der Waals surface area (Å²) in [5.74, 6) is 0.813. The van der Waals surface area contributed by atoms with Gasteiger partial charge >= 0.3 is 0 Å². The van der Waals surface area contributed by atoms with E-state index in [4.69, 9.17) is 0 Å². The fourth-order valence-corrected chi connectivity index (χ4v) is 2.25. The van der Waals surface area contributed by atoms with Crippen LogP contribution in [0.1, 0.15) is 37.3 Å². The van der Waals surface area contributed by atoms with Crippen LogP contribution in [-0.2, 0) is 12.0 Å². The molecule has 0 aliphatic heterocycles. The van der Waals surface area contributed by atoms with Gasteiger partial charge in [0.15, 0.2) is 0 Å². The van der Waals surface area contributed by atoms with E-state index in [9.17, 15) is 0 Å². The normalized spacial score (nSPS) is 12.0. The first-order chi connectivity index (χ1) is 7.47. The second-order valence-electron chi connectivity index (χ2n) is 4.76. The van der Waals surface area contributed by atoms with Gasteiger partial charge in [-0.3, -0.25) is 0 Å². The largest absolute Gasteiger partial charge is 0.244 e. The predicted octanol–water partition coefficient (Wildman–Crippen LogP) is 1.78. The lowest BCUT2D eigenvalue weighted by atomic mass is 9.93. The van der Waals surface area contributed by atoms with Crippen molar-refractivity contribution in [2.24, 2.45) is 0 Å². The molecule has 2 heterocycles. The molecule has 2 aromatic rings. The quantitative estimate of drug-likeness (QED) is 0.799. The zero-order valence-electron chi connectivity index (χ0n) is 9.93. The number of hydrogen-bond acceptors (Lipinski definition) is 5. The highest BCUT2D eigenvalue weighted by molar-refractivity contribution is 7.09. The van der Waals surface area contributed by atoms with Crippen LogP contribution >= 0.6 is 11.3 Å². The lowest BCUT2D eigenvalue weighted by Crippen LogP contribution is -2.12. The van der Waals surface area contributed by atoms with Gasteiger partial charge in [-0.2, -0.15) is 0 Å². The van der Waals surface area contributed by atoms with Crippen LogP contribution in [0.4, 0.5) is 0 Å². The van der Waals surface area contributed by atoms with Gasteiger partial charge in [0, 0.05) is 10.8 Å². The lowest BCUT2D eigenvalue weighted by molar-refractivity contribution is 0.565. The summed E-state index contributed by atoms with van der Waals surface area (Å²) < 4.78 is 1.76. The third-order valence-corrected chi connectivity index (χ3v) is 3.15. The second kappa shape index (κ2) is 3.93. The van der Waals surface area contributed by atoms with Crippen molar-refractivity contribution in [3.05, 3.63) is 21.9 Å². The van der Waals surface area contributed by atoms with Gasteiger partial charge in [-0.1, -0.05) is 20.8 Å². The molecule has 0 aliphatic carbocycles. The van der Waals surface area contributed by atoms with Gasteiger partial charge < -0.3 is 0 Å². The number of aryl methyl sites for hydroxylation is 1. The van der Waals surface area contributed by atoms with Crippen molar-refractivity contribution in [3.63, 3.8) is 0 Å². The Morgan fingerprint density at radius 1 is 1.38 bits per heavy atom.